The molecule has 1 heterocycles. The summed E-state index contributed by atoms with van der Waals surface area (Å²) < 4.78 is 26.2. The number of amides is 1. The molecule has 116 valence electrons. The molecular weight excluding hydrogens is 288 g/mol. The zero-order valence-corrected chi connectivity index (χ0v) is 13.5. The minimum absolute atomic E-state index is 0.201. The van der Waals surface area contributed by atoms with Gasteiger partial charge in [0.1, 0.15) is 0 Å². The van der Waals surface area contributed by atoms with Crippen molar-refractivity contribution in [2.24, 2.45) is 0 Å². The normalized spacial score (nSPS) is 16.9. The highest BCUT2D eigenvalue weighted by atomic mass is 32.2. The Morgan fingerprint density at radius 2 is 1.62 bits per heavy atom. The van der Waals surface area contributed by atoms with Crippen LogP contribution in [0.1, 0.15) is 44.0 Å². The van der Waals surface area contributed by atoms with Crippen molar-refractivity contribution in [3.8, 4) is 0 Å². The first kappa shape index (κ1) is 16.0. The van der Waals surface area contributed by atoms with Gasteiger partial charge in [0.15, 0.2) is 0 Å². The second kappa shape index (κ2) is 5.77. The summed E-state index contributed by atoms with van der Waals surface area (Å²) >= 11 is 0. The highest BCUT2D eigenvalue weighted by Gasteiger charge is 2.27. The Kier molecular flexibility index (Phi) is 4.39. The molecule has 1 aromatic rings. The molecule has 0 radical (unpaired) electrons. The summed E-state index contributed by atoms with van der Waals surface area (Å²) in [5.41, 5.74) is 0.141. The van der Waals surface area contributed by atoms with Crippen LogP contribution in [0.3, 0.4) is 0 Å². The third-order valence-electron chi connectivity index (χ3n) is 3.31. The topological polar surface area (TPSA) is 66.5 Å². The van der Waals surface area contributed by atoms with E-state index >= 15 is 0 Å². The summed E-state index contributed by atoms with van der Waals surface area (Å²) in [6.07, 6.45) is 1.82. The molecular formula is C15H22N2O3S. The molecule has 0 unspecified atom stereocenters. The van der Waals surface area contributed by atoms with Gasteiger partial charge in [0.25, 0.3) is 5.91 Å². The highest BCUT2D eigenvalue weighted by molar-refractivity contribution is 7.89. The Labute approximate surface area is 126 Å². The fraction of sp³-hybridized carbons (Fsp3) is 0.533. The van der Waals surface area contributed by atoms with Gasteiger partial charge in [-0.25, -0.2) is 8.42 Å². The van der Waals surface area contributed by atoms with Gasteiger partial charge < -0.3 is 5.32 Å². The van der Waals surface area contributed by atoms with E-state index in [-0.39, 0.29) is 16.3 Å². The minimum Gasteiger partial charge on any atom is -0.347 e. The molecule has 0 saturated carbocycles. The van der Waals surface area contributed by atoms with Gasteiger partial charge in [0.05, 0.1) is 4.90 Å². The van der Waals surface area contributed by atoms with Crippen molar-refractivity contribution in [2.45, 2.75) is 44.0 Å². The van der Waals surface area contributed by atoms with E-state index in [0.717, 1.165) is 12.8 Å². The van der Waals surface area contributed by atoms with E-state index in [0.29, 0.717) is 18.7 Å². The summed E-state index contributed by atoms with van der Waals surface area (Å²) in [6, 6.07) is 6.13. The van der Waals surface area contributed by atoms with Crippen LogP contribution in [0.25, 0.3) is 0 Å². The number of carbonyl (C=O) groups excluding carboxylic acids is 1. The number of hydrogen-bond donors (Lipinski definition) is 1. The molecule has 0 aliphatic carbocycles. The van der Waals surface area contributed by atoms with E-state index in [1.54, 1.807) is 12.1 Å². The molecule has 5 nitrogen and oxygen atoms in total. The van der Waals surface area contributed by atoms with Crippen LogP contribution in [0.5, 0.6) is 0 Å². The number of sulfonamides is 1. The van der Waals surface area contributed by atoms with Crippen molar-refractivity contribution in [1.29, 1.82) is 0 Å². The molecule has 0 atom stereocenters. The van der Waals surface area contributed by atoms with Crippen LogP contribution >= 0.6 is 0 Å². The second-order valence-corrected chi connectivity index (χ2v) is 8.28. The summed E-state index contributed by atoms with van der Waals surface area (Å²) in [5.74, 6) is -0.201. The van der Waals surface area contributed by atoms with Gasteiger partial charge in [-0.15, -0.1) is 0 Å². The quantitative estimate of drug-likeness (QED) is 0.928. The standard InChI is InChI=1S/C15H22N2O3S/c1-15(2,3)16-14(18)12-6-8-13(9-7-12)21(19,20)17-10-4-5-11-17/h6-9H,4-5,10-11H2,1-3H3,(H,16,18). The lowest BCUT2D eigenvalue weighted by Crippen LogP contribution is -2.40. The van der Waals surface area contributed by atoms with Crippen molar-refractivity contribution in [2.75, 3.05) is 13.1 Å². The van der Waals surface area contributed by atoms with Gasteiger partial charge in [-0.3, -0.25) is 4.79 Å². The third-order valence-corrected chi connectivity index (χ3v) is 5.22. The Bertz CT molecular complexity index is 609. The Hall–Kier alpha value is -1.40. The van der Waals surface area contributed by atoms with E-state index < -0.39 is 10.0 Å². The van der Waals surface area contributed by atoms with E-state index in [1.807, 2.05) is 20.8 Å². The molecule has 0 aromatic heterocycles. The molecule has 1 aromatic carbocycles. The van der Waals surface area contributed by atoms with Crippen LogP contribution < -0.4 is 5.32 Å². The van der Waals surface area contributed by atoms with Gasteiger partial charge in [-0.05, 0) is 57.9 Å². The summed E-state index contributed by atoms with van der Waals surface area (Å²) in [7, 11) is -3.41. The minimum atomic E-state index is -3.41. The second-order valence-electron chi connectivity index (χ2n) is 6.34. The molecule has 1 amide bonds. The maximum Gasteiger partial charge on any atom is 0.251 e. The van der Waals surface area contributed by atoms with Crippen LogP contribution in [0, 0.1) is 0 Å². The molecule has 1 N–H and O–H groups in total. The van der Waals surface area contributed by atoms with Crippen molar-refractivity contribution in [1.82, 2.24) is 9.62 Å². The summed E-state index contributed by atoms with van der Waals surface area (Å²) in [6.45, 7) is 6.86. The number of carbonyl (C=O) groups is 1. The fourth-order valence-corrected chi connectivity index (χ4v) is 3.79. The molecule has 6 heteroatoms. The van der Waals surface area contributed by atoms with Crippen molar-refractivity contribution in [3.63, 3.8) is 0 Å². The molecule has 1 fully saturated rings. The fourth-order valence-electron chi connectivity index (χ4n) is 2.27. The van der Waals surface area contributed by atoms with Crippen LogP contribution in [-0.4, -0.2) is 37.3 Å². The molecule has 2 rings (SSSR count). The average molecular weight is 310 g/mol. The van der Waals surface area contributed by atoms with E-state index in [9.17, 15) is 13.2 Å². The first-order valence-electron chi connectivity index (χ1n) is 7.13. The number of nitrogens with one attached hydrogen (secondary N) is 1. The molecule has 0 bridgehead atoms. The highest BCUT2D eigenvalue weighted by Crippen LogP contribution is 2.21. The zero-order chi connectivity index (χ0) is 15.7. The number of rotatable bonds is 3. The van der Waals surface area contributed by atoms with Crippen molar-refractivity contribution in [3.05, 3.63) is 29.8 Å². The average Bonchev–Trinajstić information content (AvgIpc) is 2.91. The van der Waals surface area contributed by atoms with Crippen LogP contribution in [0.4, 0.5) is 0 Å². The van der Waals surface area contributed by atoms with E-state index in [2.05, 4.69) is 5.32 Å². The summed E-state index contributed by atoms with van der Waals surface area (Å²) in [4.78, 5) is 12.3. The Morgan fingerprint density at radius 1 is 1.10 bits per heavy atom. The van der Waals surface area contributed by atoms with E-state index in [4.69, 9.17) is 0 Å². The number of nitrogens with zero attached hydrogens (tertiary/aromatic N) is 1. The molecule has 1 saturated heterocycles. The number of hydrogen-bond acceptors (Lipinski definition) is 3. The van der Waals surface area contributed by atoms with E-state index in [1.165, 1.54) is 16.4 Å². The van der Waals surface area contributed by atoms with Crippen molar-refractivity contribution < 1.29 is 13.2 Å². The largest absolute Gasteiger partial charge is 0.347 e. The lowest BCUT2D eigenvalue weighted by Gasteiger charge is -2.20. The molecule has 1 aliphatic heterocycles. The predicted octanol–water partition coefficient (Wildman–Crippen LogP) is 2.00. The summed E-state index contributed by atoms with van der Waals surface area (Å²) in [5, 5.41) is 2.85. The van der Waals surface area contributed by atoms with Gasteiger partial charge in [0.2, 0.25) is 10.0 Å². The van der Waals surface area contributed by atoms with Crippen LogP contribution in [0.15, 0.2) is 29.2 Å². The van der Waals surface area contributed by atoms with Crippen LogP contribution in [0.2, 0.25) is 0 Å². The van der Waals surface area contributed by atoms with Gasteiger partial charge >= 0.3 is 0 Å². The predicted molar refractivity (Wildman–Crippen MR) is 81.7 cm³/mol. The Balaban J connectivity index is 2.17. The van der Waals surface area contributed by atoms with Crippen LogP contribution in [-0.2, 0) is 10.0 Å². The maximum atomic E-state index is 12.4. The lowest BCUT2D eigenvalue weighted by molar-refractivity contribution is 0.0919. The first-order valence-corrected chi connectivity index (χ1v) is 8.57. The third kappa shape index (κ3) is 3.83. The molecule has 0 spiro atoms. The van der Waals surface area contributed by atoms with Gasteiger partial charge in [0, 0.05) is 24.2 Å². The smallest absolute Gasteiger partial charge is 0.251 e. The van der Waals surface area contributed by atoms with Gasteiger partial charge in [-0.2, -0.15) is 4.31 Å². The molecule has 1 aliphatic rings. The Morgan fingerprint density at radius 3 is 2.10 bits per heavy atom. The van der Waals surface area contributed by atoms with Crippen molar-refractivity contribution >= 4 is 15.9 Å². The van der Waals surface area contributed by atoms with Gasteiger partial charge in [-0.1, -0.05) is 0 Å². The maximum absolute atomic E-state index is 12.4. The lowest BCUT2D eigenvalue weighted by atomic mass is 10.1. The first-order chi connectivity index (χ1) is 9.70. The SMILES string of the molecule is CC(C)(C)NC(=O)c1ccc(S(=O)(=O)N2CCCC2)cc1. The number of benzene rings is 1. The zero-order valence-electron chi connectivity index (χ0n) is 12.7. The molecule has 21 heavy (non-hydrogen) atoms. The monoisotopic (exact) mass is 310 g/mol.